The third kappa shape index (κ3) is 4.89. The quantitative estimate of drug-likeness (QED) is 0.378. The number of rotatable bonds is 8. The molecule has 0 unspecified atom stereocenters. The van der Waals surface area contributed by atoms with Crippen molar-refractivity contribution < 1.29 is 19.1 Å². The van der Waals surface area contributed by atoms with Gasteiger partial charge in [-0.05, 0) is 60.4 Å². The second-order valence-electron chi connectivity index (χ2n) is 7.15. The van der Waals surface area contributed by atoms with Crippen LogP contribution in [0.15, 0.2) is 48.0 Å². The van der Waals surface area contributed by atoms with Crippen LogP contribution >= 0.6 is 0 Å². The molecule has 158 valence electrons. The monoisotopic (exact) mass is 408 g/mol. The Bertz CT molecular complexity index is 921. The number of hydrogen-bond donors (Lipinski definition) is 0. The Balaban J connectivity index is 1.88. The lowest BCUT2D eigenvalue weighted by Gasteiger charge is -2.20. The van der Waals surface area contributed by atoms with E-state index in [0.29, 0.717) is 25.1 Å². The minimum Gasteiger partial charge on any atom is -0.466 e. The third-order valence-corrected chi connectivity index (χ3v) is 5.28. The van der Waals surface area contributed by atoms with Crippen molar-refractivity contribution in [3.63, 3.8) is 0 Å². The lowest BCUT2D eigenvalue weighted by Crippen LogP contribution is -2.23. The molecule has 1 heterocycles. The summed E-state index contributed by atoms with van der Waals surface area (Å²) in [7, 11) is 3.42. The van der Waals surface area contributed by atoms with Gasteiger partial charge in [0.1, 0.15) is 0 Å². The minimum atomic E-state index is -0.362. The zero-order valence-electron chi connectivity index (χ0n) is 17.8. The summed E-state index contributed by atoms with van der Waals surface area (Å²) >= 11 is 0. The maximum absolute atomic E-state index is 12.1. The predicted molar refractivity (Wildman–Crippen MR) is 120 cm³/mol. The summed E-state index contributed by atoms with van der Waals surface area (Å²) in [6, 6.07) is 14.3. The minimum absolute atomic E-state index is 0.362. The number of carbonyl (C=O) groups is 2. The second kappa shape index (κ2) is 10.1. The summed E-state index contributed by atoms with van der Waals surface area (Å²) in [5, 5.41) is 0. The molecule has 0 saturated heterocycles. The average Bonchev–Trinajstić information content (AvgIpc) is 2.97. The van der Waals surface area contributed by atoms with Crippen molar-refractivity contribution in [2.45, 2.75) is 13.3 Å². The van der Waals surface area contributed by atoms with Gasteiger partial charge in [-0.3, -0.25) is 4.79 Å². The molecule has 2 aromatic carbocycles. The molecule has 1 amide bonds. The molecule has 6 heteroatoms. The number of anilines is 2. The zero-order valence-corrected chi connectivity index (χ0v) is 17.8. The van der Waals surface area contributed by atoms with Crippen LogP contribution in [0, 0.1) is 0 Å². The smallest absolute Gasteiger partial charge is 0.333 e. The highest BCUT2D eigenvalue weighted by Gasteiger charge is 2.20. The Kier molecular flexibility index (Phi) is 7.25. The Labute approximate surface area is 177 Å². The fourth-order valence-electron chi connectivity index (χ4n) is 3.52. The average molecular weight is 408 g/mol. The summed E-state index contributed by atoms with van der Waals surface area (Å²) in [5.74, 6) is -0.362. The van der Waals surface area contributed by atoms with E-state index < -0.39 is 0 Å². The van der Waals surface area contributed by atoms with Crippen molar-refractivity contribution in [1.82, 2.24) is 0 Å². The van der Waals surface area contributed by atoms with Gasteiger partial charge in [-0.25, -0.2) is 4.79 Å². The van der Waals surface area contributed by atoms with Crippen molar-refractivity contribution in [3.8, 4) is 11.1 Å². The highest BCUT2D eigenvalue weighted by atomic mass is 16.5. The van der Waals surface area contributed by atoms with Crippen LogP contribution in [0.4, 0.5) is 11.4 Å². The molecular weight excluding hydrogens is 380 g/mol. The molecule has 0 bridgehead atoms. The third-order valence-electron chi connectivity index (χ3n) is 5.28. The molecule has 0 atom stereocenters. The molecule has 30 heavy (non-hydrogen) atoms. The van der Waals surface area contributed by atoms with Crippen LogP contribution in [0.3, 0.4) is 0 Å². The summed E-state index contributed by atoms with van der Waals surface area (Å²) in [6.07, 6.45) is 3.09. The first kappa shape index (κ1) is 21.6. The standard InChI is InChI=1S/C24H28N2O4/c1-4-30-14-13-25(2)22-8-5-18(6-9-22)19-7-10-23-21(15-19)16-20(24(28)29-3)11-12-26(23)17-27/h5-10,15-17H,4,11-14H2,1-3H3. The largest absolute Gasteiger partial charge is 0.466 e. The fourth-order valence-corrected chi connectivity index (χ4v) is 3.52. The van der Waals surface area contributed by atoms with Gasteiger partial charge >= 0.3 is 5.97 Å². The van der Waals surface area contributed by atoms with Crippen LogP contribution in [0.5, 0.6) is 0 Å². The van der Waals surface area contributed by atoms with E-state index in [1.807, 2.05) is 38.2 Å². The Morgan fingerprint density at radius 3 is 2.57 bits per heavy atom. The summed E-state index contributed by atoms with van der Waals surface area (Å²) in [5.41, 5.74) is 5.38. The number of ether oxygens (including phenoxy) is 2. The molecular formula is C24H28N2O4. The first-order valence-electron chi connectivity index (χ1n) is 10.1. The van der Waals surface area contributed by atoms with Crippen molar-refractivity contribution in [1.29, 1.82) is 0 Å². The van der Waals surface area contributed by atoms with Gasteiger partial charge in [-0.2, -0.15) is 0 Å². The number of hydrogen-bond acceptors (Lipinski definition) is 5. The molecule has 0 fully saturated rings. The topological polar surface area (TPSA) is 59.1 Å². The van der Waals surface area contributed by atoms with Gasteiger partial charge in [0.2, 0.25) is 6.41 Å². The van der Waals surface area contributed by atoms with E-state index in [9.17, 15) is 9.59 Å². The Morgan fingerprint density at radius 2 is 1.90 bits per heavy atom. The molecule has 3 rings (SSSR count). The SMILES string of the molecule is CCOCCN(C)c1ccc(-c2ccc3c(c2)C=C(C(=O)OC)CCN3C=O)cc1. The zero-order chi connectivity index (χ0) is 21.5. The van der Waals surface area contributed by atoms with Gasteiger partial charge < -0.3 is 19.3 Å². The molecule has 0 radical (unpaired) electrons. The first-order valence-corrected chi connectivity index (χ1v) is 10.1. The maximum atomic E-state index is 12.1. The molecule has 0 aromatic heterocycles. The number of methoxy groups -OCH3 is 1. The van der Waals surface area contributed by atoms with E-state index in [0.717, 1.165) is 47.6 Å². The van der Waals surface area contributed by atoms with Crippen molar-refractivity contribution in [2.75, 3.05) is 50.3 Å². The normalized spacial score (nSPS) is 13.2. The lowest BCUT2D eigenvalue weighted by atomic mass is 10.00. The van der Waals surface area contributed by atoms with Crippen LogP contribution in [0.2, 0.25) is 0 Å². The van der Waals surface area contributed by atoms with Crippen LogP contribution in [0.1, 0.15) is 18.9 Å². The molecule has 0 spiro atoms. The Hall–Kier alpha value is -3.12. The Morgan fingerprint density at radius 1 is 1.17 bits per heavy atom. The number of benzene rings is 2. The predicted octanol–water partition coefficient (Wildman–Crippen LogP) is 3.75. The summed E-state index contributed by atoms with van der Waals surface area (Å²) in [6.45, 7) is 4.68. The fraction of sp³-hybridized carbons (Fsp3) is 0.333. The van der Waals surface area contributed by atoms with Crippen molar-refractivity contribution in [3.05, 3.63) is 53.6 Å². The lowest BCUT2D eigenvalue weighted by molar-refractivity contribution is -0.136. The van der Waals surface area contributed by atoms with E-state index in [1.54, 1.807) is 4.90 Å². The highest BCUT2D eigenvalue weighted by molar-refractivity contribution is 5.97. The van der Waals surface area contributed by atoms with Gasteiger partial charge in [0.25, 0.3) is 0 Å². The van der Waals surface area contributed by atoms with Crippen LogP contribution < -0.4 is 9.80 Å². The number of fused-ring (bicyclic) bond motifs is 1. The first-order chi connectivity index (χ1) is 14.6. The maximum Gasteiger partial charge on any atom is 0.333 e. The molecule has 0 saturated carbocycles. The molecule has 0 N–H and O–H groups in total. The molecule has 6 nitrogen and oxygen atoms in total. The van der Waals surface area contributed by atoms with E-state index in [4.69, 9.17) is 9.47 Å². The number of nitrogens with zero attached hydrogens (tertiary/aromatic N) is 2. The van der Waals surface area contributed by atoms with Crippen molar-refractivity contribution in [2.24, 2.45) is 0 Å². The summed E-state index contributed by atoms with van der Waals surface area (Å²) < 4.78 is 10.3. The number of esters is 1. The summed E-state index contributed by atoms with van der Waals surface area (Å²) in [4.78, 5) is 27.4. The van der Waals surface area contributed by atoms with Crippen LogP contribution in [-0.4, -0.2) is 52.8 Å². The van der Waals surface area contributed by atoms with E-state index in [2.05, 4.69) is 29.2 Å². The number of carbonyl (C=O) groups excluding carboxylic acids is 2. The van der Waals surface area contributed by atoms with Gasteiger partial charge in [-0.15, -0.1) is 0 Å². The highest BCUT2D eigenvalue weighted by Crippen LogP contribution is 2.32. The van der Waals surface area contributed by atoms with Gasteiger partial charge in [0, 0.05) is 38.0 Å². The molecule has 1 aliphatic heterocycles. The van der Waals surface area contributed by atoms with E-state index in [1.165, 1.54) is 7.11 Å². The van der Waals surface area contributed by atoms with E-state index in [-0.39, 0.29) is 5.97 Å². The van der Waals surface area contributed by atoms with Gasteiger partial charge in [0.05, 0.1) is 19.4 Å². The van der Waals surface area contributed by atoms with Crippen molar-refractivity contribution >= 4 is 29.8 Å². The van der Waals surface area contributed by atoms with Crippen LogP contribution in [-0.2, 0) is 19.1 Å². The second-order valence-corrected chi connectivity index (χ2v) is 7.15. The van der Waals surface area contributed by atoms with E-state index >= 15 is 0 Å². The van der Waals surface area contributed by atoms with Crippen LogP contribution in [0.25, 0.3) is 17.2 Å². The molecule has 1 aliphatic rings. The number of likely N-dealkylation sites (N-methyl/N-ethyl adjacent to an activating group) is 1. The molecule has 2 aromatic rings. The number of amides is 1. The molecule has 0 aliphatic carbocycles. The van der Waals surface area contributed by atoms with Gasteiger partial charge in [0.15, 0.2) is 0 Å². The van der Waals surface area contributed by atoms with Gasteiger partial charge in [-0.1, -0.05) is 18.2 Å².